The van der Waals surface area contributed by atoms with E-state index in [1.807, 2.05) is 24.3 Å². The molecule has 0 saturated heterocycles. The smallest absolute Gasteiger partial charge is 0.271 e. The summed E-state index contributed by atoms with van der Waals surface area (Å²) in [5, 5.41) is 20.6. The second kappa shape index (κ2) is 7.65. The number of benzene rings is 1. The van der Waals surface area contributed by atoms with Crippen LogP contribution < -0.4 is 10.1 Å². The lowest BCUT2D eigenvalue weighted by molar-refractivity contribution is 0.0833. The van der Waals surface area contributed by atoms with Crippen LogP contribution in [0.15, 0.2) is 30.5 Å². The number of aliphatic hydroxyl groups excluding tert-OH is 1. The van der Waals surface area contributed by atoms with E-state index in [9.17, 15) is 9.90 Å². The summed E-state index contributed by atoms with van der Waals surface area (Å²) in [5.74, 6) is 0.820. The number of nitrogens with one attached hydrogen (secondary N) is 1. The number of aliphatic hydroxyl groups is 1. The minimum atomic E-state index is -0.797. The van der Waals surface area contributed by atoms with Gasteiger partial charge in [0.05, 0.1) is 12.2 Å². The van der Waals surface area contributed by atoms with Crippen LogP contribution in [0.25, 0.3) is 0 Å². The van der Waals surface area contributed by atoms with Crippen LogP contribution in [0.2, 0.25) is 0 Å². The third kappa shape index (κ3) is 4.36. The predicted octanol–water partition coefficient (Wildman–Crippen LogP) is 1.91. The molecule has 0 spiro atoms. The van der Waals surface area contributed by atoms with Gasteiger partial charge in [-0.2, -0.15) is 0 Å². The average Bonchev–Trinajstić information content (AvgIpc) is 3.34. The first-order valence-corrected chi connectivity index (χ1v) is 8.64. The van der Waals surface area contributed by atoms with E-state index in [0.717, 1.165) is 24.2 Å². The molecule has 0 bridgehead atoms. The van der Waals surface area contributed by atoms with Crippen LogP contribution >= 0.6 is 0 Å². The number of ether oxygens (including phenoxy) is 1. The summed E-state index contributed by atoms with van der Waals surface area (Å²) < 4.78 is 7.37. The van der Waals surface area contributed by atoms with E-state index in [4.69, 9.17) is 4.74 Å². The van der Waals surface area contributed by atoms with E-state index >= 15 is 0 Å². The number of aromatic nitrogens is 3. The van der Waals surface area contributed by atoms with Gasteiger partial charge in [-0.15, -0.1) is 5.10 Å². The van der Waals surface area contributed by atoms with E-state index in [0.29, 0.717) is 11.6 Å². The molecule has 134 valence electrons. The van der Waals surface area contributed by atoms with Crippen LogP contribution in [0.1, 0.15) is 54.7 Å². The standard InChI is InChI=1S/C18H24N4O3/c1-12(2)15-5-3-4-6-17(15)25-11-14(23)9-19-18(24)16-10-20-21-22(16)13-7-8-13/h3-6,10,12-14,23H,7-9,11H2,1-2H3,(H,19,24). The highest BCUT2D eigenvalue weighted by Gasteiger charge is 2.29. The Morgan fingerprint density at radius 2 is 2.16 bits per heavy atom. The van der Waals surface area contributed by atoms with E-state index in [1.54, 1.807) is 4.68 Å². The summed E-state index contributed by atoms with van der Waals surface area (Å²) in [6.07, 6.45) is 2.70. The summed E-state index contributed by atoms with van der Waals surface area (Å²) in [5.41, 5.74) is 1.53. The van der Waals surface area contributed by atoms with Crippen molar-refractivity contribution in [3.8, 4) is 5.75 Å². The fourth-order valence-corrected chi connectivity index (χ4v) is 2.63. The number of nitrogens with zero attached hydrogens (tertiary/aromatic N) is 3. The SMILES string of the molecule is CC(C)c1ccccc1OCC(O)CNC(=O)c1cnnn1C1CC1. The molecule has 1 aromatic heterocycles. The highest BCUT2D eigenvalue weighted by atomic mass is 16.5. The maximum atomic E-state index is 12.2. The second-order valence-corrected chi connectivity index (χ2v) is 6.66. The Morgan fingerprint density at radius 1 is 1.40 bits per heavy atom. The van der Waals surface area contributed by atoms with Crippen LogP contribution in [0.3, 0.4) is 0 Å². The number of hydrogen-bond acceptors (Lipinski definition) is 5. The van der Waals surface area contributed by atoms with Crippen molar-refractivity contribution >= 4 is 5.91 Å². The van der Waals surface area contributed by atoms with Crippen LogP contribution in [0.4, 0.5) is 0 Å². The topological polar surface area (TPSA) is 89.3 Å². The predicted molar refractivity (Wildman–Crippen MR) is 92.7 cm³/mol. The van der Waals surface area contributed by atoms with Gasteiger partial charge in [0, 0.05) is 6.54 Å². The molecule has 1 heterocycles. The maximum absolute atomic E-state index is 12.2. The minimum absolute atomic E-state index is 0.110. The molecule has 1 atom stereocenters. The number of para-hydroxylation sites is 1. The molecule has 7 nitrogen and oxygen atoms in total. The Kier molecular flexibility index (Phi) is 5.33. The molecule has 1 amide bonds. The Labute approximate surface area is 147 Å². The first-order valence-electron chi connectivity index (χ1n) is 8.64. The molecule has 0 aliphatic heterocycles. The monoisotopic (exact) mass is 344 g/mol. The van der Waals surface area contributed by atoms with Crippen molar-refractivity contribution in [3.05, 3.63) is 41.7 Å². The van der Waals surface area contributed by atoms with E-state index in [1.165, 1.54) is 6.20 Å². The minimum Gasteiger partial charge on any atom is -0.491 e. The molecule has 7 heteroatoms. The van der Waals surface area contributed by atoms with Gasteiger partial charge in [-0.1, -0.05) is 37.3 Å². The highest BCUT2D eigenvalue weighted by Crippen LogP contribution is 2.34. The normalized spacial score (nSPS) is 15.2. The second-order valence-electron chi connectivity index (χ2n) is 6.66. The van der Waals surface area contributed by atoms with Crippen LogP contribution in [0, 0.1) is 0 Å². The molecule has 3 rings (SSSR count). The Bertz CT molecular complexity index is 725. The number of hydrogen-bond donors (Lipinski definition) is 2. The summed E-state index contributed by atoms with van der Waals surface area (Å²) in [7, 11) is 0. The van der Waals surface area contributed by atoms with E-state index < -0.39 is 6.10 Å². The molecule has 1 aliphatic rings. The van der Waals surface area contributed by atoms with E-state index in [-0.39, 0.29) is 25.1 Å². The van der Waals surface area contributed by atoms with Crippen molar-refractivity contribution in [2.75, 3.05) is 13.2 Å². The fraction of sp³-hybridized carbons (Fsp3) is 0.500. The maximum Gasteiger partial charge on any atom is 0.271 e. The quantitative estimate of drug-likeness (QED) is 0.763. The van der Waals surface area contributed by atoms with Gasteiger partial charge in [-0.25, -0.2) is 4.68 Å². The van der Waals surface area contributed by atoms with Crippen molar-refractivity contribution in [1.82, 2.24) is 20.3 Å². The first kappa shape index (κ1) is 17.4. The number of amides is 1. The van der Waals surface area contributed by atoms with E-state index in [2.05, 4.69) is 29.5 Å². The van der Waals surface area contributed by atoms with Crippen LogP contribution in [-0.2, 0) is 0 Å². The third-order valence-corrected chi connectivity index (χ3v) is 4.17. The molecule has 2 aromatic rings. The molecular formula is C18H24N4O3. The lowest BCUT2D eigenvalue weighted by Gasteiger charge is -2.17. The first-order chi connectivity index (χ1) is 12.1. The molecule has 2 N–H and O–H groups in total. The average molecular weight is 344 g/mol. The Balaban J connectivity index is 1.49. The van der Waals surface area contributed by atoms with Gasteiger partial charge in [0.15, 0.2) is 0 Å². The van der Waals surface area contributed by atoms with Gasteiger partial charge < -0.3 is 15.2 Å². The largest absolute Gasteiger partial charge is 0.491 e. The lowest BCUT2D eigenvalue weighted by atomic mass is 10.0. The van der Waals surface area contributed by atoms with Crippen LogP contribution in [-0.4, -0.2) is 45.3 Å². The third-order valence-electron chi connectivity index (χ3n) is 4.17. The zero-order valence-corrected chi connectivity index (χ0v) is 14.6. The molecular weight excluding hydrogens is 320 g/mol. The molecule has 1 aromatic carbocycles. The summed E-state index contributed by atoms with van der Waals surface area (Å²) >= 11 is 0. The fourth-order valence-electron chi connectivity index (χ4n) is 2.63. The summed E-state index contributed by atoms with van der Waals surface area (Å²) in [6.45, 7) is 4.41. The lowest BCUT2D eigenvalue weighted by Crippen LogP contribution is -2.36. The molecule has 1 aliphatic carbocycles. The number of carbonyl (C=O) groups excluding carboxylic acids is 1. The van der Waals surface area contributed by atoms with Gasteiger partial charge in [0.1, 0.15) is 24.2 Å². The van der Waals surface area contributed by atoms with Gasteiger partial charge in [-0.05, 0) is 30.4 Å². The van der Waals surface area contributed by atoms with Gasteiger partial charge >= 0.3 is 0 Å². The Hall–Kier alpha value is -2.41. The van der Waals surface area contributed by atoms with Crippen molar-refractivity contribution in [2.45, 2.75) is 44.8 Å². The Morgan fingerprint density at radius 3 is 2.88 bits per heavy atom. The van der Waals surface area contributed by atoms with Crippen molar-refractivity contribution < 1.29 is 14.6 Å². The molecule has 1 unspecified atom stereocenters. The van der Waals surface area contributed by atoms with Gasteiger partial charge in [-0.3, -0.25) is 4.79 Å². The number of rotatable bonds is 8. The summed E-state index contributed by atoms with van der Waals surface area (Å²) in [4.78, 5) is 12.2. The molecule has 25 heavy (non-hydrogen) atoms. The molecule has 0 radical (unpaired) electrons. The zero-order chi connectivity index (χ0) is 17.8. The van der Waals surface area contributed by atoms with Gasteiger partial charge in [0.25, 0.3) is 5.91 Å². The van der Waals surface area contributed by atoms with Gasteiger partial charge in [0.2, 0.25) is 0 Å². The van der Waals surface area contributed by atoms with Crippen molar-refractivity contribution in [3.63, 3.8) is 0 Å². The van der Waals surface area contributed by atoms with Crippen molar-refractivity contribution in [2.24, 2.45) is 0 Å². The highest BCUT2D eigenvalue weighted by molar-refractivity contribution is 5.92. The molecule has 1 fully saturated rings. The van der Waals surface area contributed by atoms with Crippen LogP contribution in [0.5, 0.6) is 5.75 Å². The summed E-state index contributed by atoms with van der Waals surface area (Å²) in [6, 6.07) is 8.06. The molecule has 1 saturated carbocycles. The van der Waals surface area contributed by atoms with Crippen molar-refractivity contribution in [1.29, 1.82) is 0 Å². The zero-order valence-electron chi connectivity index (χ0n) is 14.6. The number of carbonyl (C=O) groups is 1.